The van der Waals surface area contributed by atoms with Gasteiger partial charge in [-0.1, -0.05) is 41.6 Å². The molecule has 0 aliphatic rings. The predicted octanol–water partition coefficient (Wildman–Crippen LogP) is 4.70. The Bertz CT molecular complexity index is 992. The van der Waals surface area contributed by atoms with Crippen LogP contribution in [0.5, 0.6) is 0 Å². The highest BCUT2D eigenvalue weighted by molar-refractivity contribution is 8.00. The number of nitrogens with one attached hydrogen (secondary N) is 1. The molecule has 0 saturated heterocycles. The molecule has 0 radical (unpaired) electrons. The summed E-state index contributed by atoms with van der Waals surface area (Å²) in [5, 5.41) is 11.7. The maximum atomic E-state index is 14.0. The number of carbonyl (C=O) groups is 1. The molecule has 0 saturated carbocycles. The number of rotatable bonds is 5. The molecule has 1 unspecified atom stereocenters. The van der Waals surface area contributed by atoms with Gasteiger partial charge in [0.2, 0.25) is 5.91 Å². The summed E-state index contributed by atoms with van der Waals surface area (Å²) in [4.78, 5) is 12.5. The standard InChI is InChI=1S/C19H18ClFN4OS/c1-11-14(20)8-6-10-16(11)22-18(26)12(2)27-19-24-23-17(25(19)3)13-7-4-5-9-15(13)21/h4-10,12H,1-3H3,(H,22,26). The summed E-state index contributed by atoms with van der Waals surface area (Å²) in [7, 11) is 1.75. The lowest BCUT2D eigenvalue weighted by atomic mass is 10.2. The number of hydrogen-bond donors (Lipinski definition) is 1. The number of thioether (sulfide) groups is 1. The van der Waals surface area contributed by atoms with Gasteiger partial charge in [0.25, 0.3) is 0 Å². The minimum atomic E-state index is -0.431. The number of carbonyl (C=O) groups excluding carboxylic acids is 1. The molecule has 1 atom stereocenters. The van der Waals surface area contributed by atoms with Crippen molar-refractivity contribution < 1.29 is 9.18 Å². The van der Waals surface area contributed by atoms with Crippen LogP contribution in [0.3, 0.4) is 0 Å². The van der Waals surface area contributed by atoms with Crippen LogP contribution in [0, 0.1) is 12.7 Å². The molecule has 1 aromatic heterocycles. The summed E-state index contributed by atoms with van der Waals surface area (Å²) in [6.07, 6.45) is 0. The molecule has 3 rings (SSSR count). The van der Waals surface area contributed by atoms with E-state index in [1.165, 1.54) is 17.8 Å². The van der Waals surface area contributed by atoms with E-state index in [2.05, 4.69) is 15.5 Å². The van der Waals surface area contributed by atoms with Crippen molar-refractivity contribution >= 4 is 35.0 Å². The number of halogens is 2. The molecule has 3 aromatic rings. The Morgan fingerprint density at radius 3 is 2.70 bits per heavy atom. The highest BCUT2D eigenvalue weighted by atomic mass is 35.5. The second kappa shape index (κ2) is 8.10. The fraction of sp³-hybridized carbons (Fsp3) is 0.211. The molecule has 5 nitrogen and oxygen atoms in total. The number of anilines is 1. The highest BCUT2D eigenvalue weighted by Crippen LogP contribution is 2.28. The van der Waals surface area contributed by atoms with Crippen molar-refractivity contribution in [3.63, 3.8) is 0 Å². The van der Waals surface area contributed by atoms with E-state index in [-0.39, 0.29) is 11.7 Å². The first-order chi connectivity index (χ1) is 12.9. The molecule has 0 aliphatic carbocycles. The summed E-state index contributed by atoms with van der Waals surface area (Å²) < 4.78 is 15.7. The fourth-order valence-corrected chi connectivity index (χ4v) is 3.47. The van der Waals surface area contributed by atoms with Gasteiger partial charge in [0.05, 0.1) is 10.8 Å². The summed E-state index contributed by atoms with van der Waals surface area (Å²) in [5.41, 5.74) is 1.85. The molecular weight excluding hydrogens is 387 g/mol. The predicted molar refractivity (Wildman–Crippen MR) is 107 cm³/mol. The average Bonchev–Trinajstić information content (AvgIpc) is 3.00. The first-order valence-corrected chi connectivity index (χ1v) is 9.51. The Hall–Kier alpha value is -2.38. The van der Waals surface area contributed by atoms with Crippen LogP contribution in [-0.2, 0) is 11.8 Å². The number of amides is 1. The summed E-state index contributed by atoms with van der Waals surface area (Å²) in [6.45, 7) is 3.62. The first-order valence-electron chi connectivity index (χ1n) is 8.25. The van der Waals surface area contributed by atoms with Crippen LogP contribution in [-0.4, -0.2) is 25.9 Å². The summed E-state index contributed by atoms with van der Waals surface area (Å²) >= 11 is 7.34. The van der Waals surface area contributed by atoms with Gasteiger partial charge in [-0.25, -0.2) is 4.39 Å². The van der Waals surface area contributed by atoms with Crippen LogP contribution in [0.15, 0.2) is 47.6 Å². The van der Waals surface area contributed by atoms with Gasteiger partial charge in [0.1, 0.15) is 5.82 Å². The van der Waals surface area contributed by atoms with E-state index in [1.54, 1.807) is 54.9 Å². The van der Waals surface area contributed by atoms with E-state index < -0.39 is 5.25 Å². The molecule has 140 valence electrons. The van der Waals surface area contributed by atoms with Gasteiger partial charge in [-0.3, -0.25) is 4.79 Å². The van der Waals surface area contributed by atoms with Crippen LogP contribution in [0.4, 0.5) is 10.1 Å². The third-order valence-electron chi connectivity index (χ3n) is 4.13. The van der Waals surface area contributed by atoms with Crippen LogP contribution >= 0.6 is 23.4 Å². The topological polar surface area (TPSA) is 59.8 Å². The number of benzene rings is 2. The van der Waals surface area contributed by atoms with Crippen molar-refractivity contribution in [2.45, 2.75) is 24.3 Å². The van der Waals surface area contributed by atoms with Crippen molar-refractivity contribution in [2.75, 3.05) is 5.32 Å². The Labute approximate surface area is 166 Å². The van der Waals surface area contributed by atoms with Gasteiger partial charge >= 0.3 is 0 Å². The van der Waals surface area contributed by atoms with Crippen molar-refractivity contribution in [2.24, 2.45) is 7.05 Å². The van der Waals surface area contributed by atoms with Crippen molar-refractivity contribution in [1.82, 2.24) is 14.8 Å². The van der Waals surface area contributed by atoms with Crippen molar-refractivity contribution in [1.29, 1.82) is 0 Å². The molecule has 2 aromatic carbocycles. The number of hydrogen-bond acceptors (Lipinski definition) is 4. The van der Waals surface area contributed by atoms with E-state index in [1.807, 2.05) is 6.92 Å². The van der Waals surface area contributed by atoms with E-state index >= 15 is 0 Å². The zero-order valence-corrected chi connectivity index (χ0v) is 16.6. The normalized spacial score (nSPS) is 12.0. The fourth-order valence-electron chi connectivity index (χ4n) is 2.48. The molecule has 0 fully saturated rings. The third kappa shape index (κ3) is 4.14. The molecule has 1 N–H and O–H groups in total. The first kappa shape index (κ1) is 19.4. The maximum absolute atomic E-state index is 14.0. The lowest BCUT2D eigenvalue weighted by Gasteiger charge is -2.14. The molecule has 0 aliphatic heterocycles. The lowest BCUT2D eigenvalue weighted by Crippen LogP contribution is -2.23. The second-order valence-electron chi connectivity index (χ2n) is 6.01. The van der Waals surface area contributed by atoms with E-state index in [0.717, 1.165) is 5.56 Å². The molecule has 1 amide bonds. The molecule has 8 heteroatoms. The Morgan fingerprint density at radius 2 is 1.96 bits per heavy atom. The second-order valence-corrected chi connectivity index (χ2v) is 7.72. The summed E-state index contributed by atoms with van der Waals surface area (Å²) in [5.74, 6) is -0.138. The minimum absolute atomic E-state index is 0.180. The maximum Gasteiger partial charge on any atom is 0.237 e. The number of nitrogens with zero attached hydrogens (tertiary/aromatic N) is 3. The monoisotopic (exact) mass is 404 g/mol. The van der Waals surface area contributed by atoms with E-state index in [9.17, 15) is 9.18 Å². The van der Waals surface area contributed by atoms with Crippen LogP contribution < -0.4 is 5.32 Å². The molecule has 1 heterocycles. The zero-order chi connectivity index (χ0) is 19.6. The van der Waals surface area contributed by atoms with Gasteiger partial charge in [0.15, 0.2) is 11.0 Å². The quantitative estimate of drug-likeness (QED) is 0.626. The van der Waals surface area contributed by atoms with Gasteiger partial charge in [-0.15, -0.1) is 10.2 Å². The van der Waals surface area contributed by atoms with Gasteiger partial charge < -0.3 is 9.88 Å². The molecule has 0 bridgehead atoms. The van der Waals surface area contributed by atoms with E-state index in [4.69, 9.17) is 11.6 Å². The number of aromatic nitrogens is 3. The van der Waals surface area contributed by atoms with Crippen LogP contribution in [0.2, 0.25) is 5.02 Å². The van der Waals surface area contributed by atoms with Crippen LogP contribution in [0.1, 0.15) is 12.5 Å². The Kier molecular flexibility index (Phi) is 5.82. The van der Waals surface area contributed by atoms with Crippen molar-refractivity contribution in [3.8, 4) is 11.4 Å². The molecular formula is C19H18ClFN4OS. The lowest BCUT2D eigenvalue weighted by molar-refractivity contribution is -0.115. The third-order valence-corrected chi connectivity index (χ3v) is 5.67. The molecule has 0 spiro atoms. The SMILES string of the molecule is Cc1c(Cl)cccc1NC(=O)C(C)Sc1nnc(-c2ccccc2F)n1C. The minimum Gasteiger partial charge on any atom is -0.325 e. The molecule has 27 heavy (non-hydrogen) atoms. The zero-order valence-electron chi connectivity index (χ0n) is 15.0. The largest absolute Gasteiger partial charge is 0.325 e. The van der Waals surface area contributed by atoms with Crippen LogP contribution in [0.25, 0.3) is 11.4 Å². The smallest absolute Gasteiger partial charge is 0.237 e. The van der Waals surface area contributed by atoms with E-state index in [0.29, 0.717) is 27.3 Å². The van der Waals surface area contributed by atoms with Crippen molar-refractivity contribution in [3.05, 3.63) is 58.9 Å². The Morgan fingerprint density at radius 1 is 1.22 bits per heavy atom. The average molecular weight is 405 g/mol. The summed E-state index contributed by atoms with van der Waals surface area (Å²) in [6, 6.07) is 11.7. The Balaban J connectivity index is 1.75. The van der Waals surface area contributed by atoms with Gasteiger partial charge in [-0.05, 0) is 43.7 Å². The highest BCUT2D eigenvalue weighted by Gasteiger charge is 2.21. The van der Waals surface area contributed by atoms with Gasteiger partial charge in [0, 0.05) is 17.8 Å². The van der Waals surface area contributed by atoms with Gasteiger partial charge in [-0.2, -0.15) is 0 Å².